The van der Waals surface area contributed by atoms with Gasteiger partial charge in [-0.15, -0.1) is 0 Å². The van der Waals surface area contributed by atoms with Gasteiger partial charge in [-0.3, -0.25) is 9.52 Å². The van der Waals surface area contributed by atoms with Crippen molar-refractivity contribution in [1.82, 2.24) is 0 Å². The molecule has 0 aliphatic heterocycles. The van der Waals surface area contributed by atoms with Gasteiger partial charge < -0.3 is 4.74 Å². The minimum atomic E-state index is -3.72. The average molecular weight is 400 g/mol. The van der Waals surface area contributed by atoms with Crippen LogP contribution in [0.4, 0.5) is 14.5 Å². The van der Waals surface area contributed by atoms with E-state index in [1.807, 2.05) is 0 Å². The molecular weight excluding hydrogens is 387 g/mol. The molecule has 5 nitrogen and oxygen atoms in total. The van der Waals surface area contributed by atoms with E-state index in [4.69, 9.17) is 16.3 Å². The predicted octanol–water partition coefficient (Wildman–Crippen LogP) is 3.34. The Bertz CT molecular complexity index is 922. The summed E-state index contributed by atoms with van der Waals surface area (Å²) in [6.07, 6.45) is 0.893. The van der Waals surface area contributed by atoms with Crippen LogP contribution in [-0.2, 0) is 10.0 Å². The first-order valence-electron chi connectivity index (χ1n) is 6.52. The first-order valence-corrected chi connectivity index (χ1v) is 8.79. The molecule has 0 amide bonds. The number of halogens is 3. The molecule has 0 aliphatic rings. The van der Waals surface area contributed by atoms with Crippen molar-refractivity contribution in [3.8, 4) is 11.5 Å². The number of rotatable bonds is 5. The van der Waals surface area contributed by atoms with Crippen LogP contribution in [0.15, 0.2) is 30.3 Å². The van der Waals surface area contributed by atoms with Crippen molar-refractivity contribution in [1.29, 1.82) is 0 Å². The number of ketones is 1. The summed E-state index contributed by atoms with van der Waals surface area (Å²) in [5.41, 5.74) is -0.0236. The maximum absolute atomic E-state index is 13.8. The number of benzene rings is 2. The van der Waals surface area contributed by atoms with Crippen LogP contribution < -0.4 is 9.46 Å². The Labute approximate surface area is 170 Å². The van der Waals surface area contributed by atoms with Crippen molar-refractivity contribution in [3.63, 3.8) is 0 Å². The van der Waals surface area contributed by atoms with Crippen LogP contribution in [0.1, 0.15) is 17.3 Å². The molecular formula is C15H13ClF2NNaO4S. The molecule has 130 valence electrons. The topological polar surface area (TPSA) is 72.5 Å². The Morgan fingerprint density at radius 3 is 2.32 bits per heavy atom. The van der Waals surface area contributed by atoms with E-state index >= 15 is 0 Å². The Balaban J connectivity index is 0.00000312. The molecule has 0 saturated heterocycles. The number of hydrogen-bond acceptors (Lipinski definition) is 4. The van der Waals surface area contributed by atoms with Crippen molar-refractivity contribution < 1.29 is 26.7 Å². The number of anilines is 1. The Morgan fingerprint density at radius 2 is 1.80 bits per heavy atom. The zero-order chi connectivity index (χ0) is 18.1. The van der Waals surface area contributed by atoms with Gasteiger partial charge in [0.05, 0.1) is 11.3 Å². The molecule has 2 rings (SSSR count). The number of carbonyl (C=O) groups excluding carboxylic acids is 1. The van der Waals surface area contributed by atoms with E-state index in [9.17, 15) is 22.0 Å². The quantitative estimate of drug-likeness (QED) is 0.618. The molecule has 0 unspecified atom stereocenters. The van der Waals surface area contributed by atoms with Gasteiger partial charge in [-0.25, -0.2) is 17.2 Å². The van der Waals surface area contributed by atoms with E-state index in [0.29, 0.717) is 6.07 Å². The van der Waals surface area contributed by atoms with Crippen LogP contribution in [-0.4, -0.2) is 50.0 Å². The second-order valence-corrected chi connectivity index (χ2v) is 7.09. The van der Waals surface area contributed by atoms with Crippen LogP contribution >= 0.6 is 11.6 Å². The zero-order valence-corrected chi connectivity index (χ0v) is 14.1. The monoisotopic (exact) mass is 399 g/mol. The van der Waals surface area contributed by atoms with E-state index in [-0.39, 0.29) is 63.1 Å². The maximum atomic E-state index is 13.8. The van der Waals surface area contributed by atoms with Crippen LogP contribution in [0, 0.1) is 11.6 Å². The van der Waals surface area contributed by atoms with Crippen molar-refractivity contribution in [2.45, 2.75) is 6.92 Å². The molecule has 0 atom stereocenters. The Hall–Kier alpha value is -1.19. The van der Waals surface area contributed by atoms with E-state index in [0.717, 1.165) is 18.4 Å². The van der Waals surface area contributed by atoms with Crippen molar-refractivity contribution >= 4 is 62.7 Å². The molecule has 0 saturated carbocycles. The van der Waals surface area contributed by atoms with Gasteiger partial charge in [0.1, 0.15) is 11.5 Å². The Kier molecular flexibility index (Phi) is 7.40. The van der Waals surface area contributed by atoms with Gasteiger partial charge in [0.25, 0.3) is 0 Å². The van der Waals surface area contributed by atoms with Gasteiger partial charge in [-0.05, 0) is 31.2 Å². The summed E-state index contributed by atoms with van der Waals surface area (Å²) in [5, 5.41) is -0.106. The van der Waals surface area contributed by atoms with E-state index in [1.54, 1.807) is 0 Å². The van der Waals surface area contributed by atoms with Crippen LogP contribution in [0.5, 0.6) is 11.5 Å². The van der Waals surface area contributed by atoms with Gasteiger partial charge in [-0.1, -0.05) is 11.6 Å². The predicted molar refractivity (Wildman–Crippen MR) is 93.5 cm³/mol. The summed E-state index contributed by atoms with van der Waals surface area (Å²) in [6, 6.07) is 5.08. The summed E-state index contributed by atoms with van der Waals surface area (Å²) >= 11 is 6.00. The summed E-state index contributed by atoms with van der Waals surface area (Å²) in [7, 11) is -3.72. The SMILES string of the molecule is CC(=O)c1cc(Cl)c(NS(C)(=O)=O)c(Oc2ccc(F)cc2F)c1.[NaH]. The molecule has 0 spiro atoms. The second kappa shape index (κ2) is 8.46. The molecule has 2 aromatic carbocycles. The third-order valence-electron chi connectivity index (χ3n) is 2.86. The third kappa shape index (κ3) is 5.93. The fourth-order valence-corrected chi connectivity index (χ4v) is 2.72. The zero-order valence-electron chi connectivity index (χ0n) is 12.6. The number of ether oxygens (including phenoxy) is 1. The summed E-state index contributed by atoms with van der Waals surface area (Å²) in [6.45, 7) is 1.28. The van der Waals surface area contributed by atoms with Crippen LogP contribution in [0.25, 0.3) is 0 Å². The van der Waals surface area contributed by atoms with Gasteiger partial charge in [0.2, 0.25) is 10.0 Å². The fourth-order valence-electron chi connectivity index (χ4n) is 1.83. The normalized spacial score (nSPS) is 10.8. The average Bonchev–Trinajstić information content (AvgIpc) is 2.43. The molecule has 0 fully saturated rings. The first kappa shape index (κ1) is 21.9. The molecule has 0 bridgehead atoms. The molecule has 25 heavy (non-hydrogen) atoms. The molecule has 2 aromatic rings. The van der Waals surface area contributed by atoms with E-state index in [1.165, 1.54) is 19.1 Å². The summed E-state index contributed by atoms with van der Waals surface area (Å²) < 4.78 is 57.1. The van der Waals surface area contributed by atoms with Gasteiger partial charge >= 0.3 is 29.6 Å². The number of Topliss-reactive ketones (excluding diaryl/α,β-unsaturated/α-hetero) is 1. The number of hydrogen-bond donors (Lipinski definition) is 1. The fraction of sp³-hybridized carbons (Fsp3) is 0.133. The van der Waals surface area contributed by atoms with Gasteiger partial charge in [0.15, 0.2) is 23.1 Å². The molecule has 0 aromatic heterocycles. The number of nitrogens with one attached hydrogen (secondary N) is 1. The van der Waals surface area contributed by atoms with Crippen LogP contribution in [0.2, 0.25) is 5.02 Å². The van der Waals surface area contributed by atoms with Gasteiger partial charge in [-0.2, -0.15) is 0 Å². The third-order valence-corrected chi connectivity index (χ3v) is 3.73. The van der Waals surface area contributed by atoms with Crippen LogP contribution in [0.3, 0.4) is 0 Å². The Morgan fingerprint density at radius 1 is 1.16 bits per heavy atom. The van der Waals surface area contributed by atoms with Gasteiger partial charge in [0, 0.05) is 11.6 Å². The van der Waals surface area contributed by atoms with Crippen molar-refractivity contribution in [3.05, 3.63) is 52.6 Å². The molecule has 0 heterocycles. The second-order valence-electron chi connectivity index (χ2n) is 4.94. The van der Waals surface area contributed by atoms with E-state index in [2.05, 4.69) is 4.72 Å². The number of sulfonamides is 1. The molecule has 0 radical (unpaired) electrons. The summed E-state index contributed by atoms with van der Waals surface area (Å²) in [4.78, 5) is 11.5. The first-order chi connectivity index (χ1) is 11.1. The van der Waals surface area contributed by atoms with Crippen molar-refractivity contribution in [2.75, 3.05) is 11.0 Å². The standard InChI is InChI=1S/C15H12ClF2NO4S.Na.H/c1-8(20)9-5-11(16)15(19-24(2,21)22)14(6-9)23-13-4-3-10(17)7-12(13)18;;/h3-7,19H,1-2H3;;. The minimum absolute atomic E-state index is 0. The number of carbonyl (C=O) groups is 1. The molecule has 10 heteroatoms. The molecule has 1 N–H and O–H groups in total. The molecule has 0 aliphatic carbocycles. The van der Waals surface area contributed by atoms with Crippen molar-refractivity contribution in [2.24, 2.45) is 0 Å². The summed E-state index contributed by atoms with van der Waals surface area (Å²) in [5.74, 6) is -2.70. The van der Waals surface area contributed by atoms with E-state index < -0.39 is 21.7 Å².